The van der Waals surface area contributed by atoms with Crippen molar-refractivity contribution in [3.05, 3.63) is 65.2 Å². The molecule has 0 saturated carbocycles. The van der Waals surface area contributed by atoms with E-state index in [2.05, 4.69) is 5.32 Å². The van der Waals surface area contributed by atoms with E-state index in [1.165, 1.54) is 4.90 Å². The van der Waals surface area contributed by atoms with Gasteiger partial charge in [-0.05, 0) is 50.1 Å². The van der Waals surface area contributed by atoms with Gasteiger partial charge in [0.25, 0.3) is 0 Å². The smallest absolute Gasteiger partial charge is 0.244 e. The van der Waals surface area contributed by atoms with Crippen LogP contribution in [0.2, 0.25) is 5.02 Å². The highest BCUT2D eigenvalue weighted by Crippen LogP contribution is 2.19. The highest BCUT2D eigenvalue weighted by Gasteiger charge is 2.30. The minimum absolute atomic E-state index is 0.0470. The highest BCUT2D eigenvalue weighted by molar-refractivity contribution is 7.92. The van der Waals surface area contributed by atoms with E-state index < -0.39 is 28.5 Å². The Morgan fingerprint density at radius 1 is 1.03 bits per heavy atom. The van der Waals surface area contributed by atoms with Gasteiger partial charge in [0.2, 0.25) is 21.8 Å². The maximum Gasteiger partial charge on any atom is 0.244 e. The summed E-state index contributed by atoms with van der Waals surface area (Å²) < 4.78 is 25.9. The average molecular weight is 480 g/mol. The maximum absolute atomic E-state index is 13.4. The van der Waals surface area contributed by atoms with Crippen LogP contribution in [0.1, 0.15) is 32.8 Å². The van der Waals surface area contributed by atoms with Gasteiger partial charge in [-0.15, -0.1) is 0 Å². The Morgan fingerprint density at radius 2 is 1.62 bits per heavy atom. The molecule has 2 aromatic carbocycles. The van der Waals surface area contributed by atoms with Gasteiger partial charge in [-0.1, -0.05) is 48.9 Å². The van der Waals surface area contributed by atoms with Gasteiger partial charge in [-0.3, -0.25) is 13.9 Å². The van der Waals surface area contributed by atoms with E-state index in [9.17, 15) is 18.0 Å². The van der Waals surface area contributed by atoms with Crippen LogP contribution in [0.15, 0.2) is 54.6 Å². The lowest BCUT2D eigenvalue weighted by Gasteiger charge is -2.32. The molecule has 0 aliphatic rings. The Kier molecular flexibility index (Phi) is 9.09. The van der Waals surface area contributed by atoms with Crippen LogP contribution in [0.5, 0.6) is 0 Å². The number of halogens is 1. The van der Waals surface area contributed by atoms with Gasteiger partial charge in [0.1, 0.15) is 12.6 Å². The first-order chi connectivity index (χ1) is 15.0. The zero-order chi connectivity index (χ0) is 23.9. The van der Waals surface area contributed by atoms with E-state index in [1.807, 2.05) is 13.8 Å². The average Bonchev–Trinajstić information content (AvgIpc) is 2.76. The zero-order valence-electron chi connectivity index (χ0n) is 18.8. The van der Waals surface area contributed by atoms with Gasteiger partial charge < -0.3 is 10.2 Å². The lowest BCUT2D eigenvalue weighted by molar-refractivity contribution is -0.139. The molecule has 2 aromatic rings. The number of anilines is 1. The van der Waals surface area contributed by atoms with E-state index in [0.717, 1.165) is 22.5 Å². The van der Waals surface area contributed by atoms with Crippen molar-refractivity contribution < 1.29 is 18.0 Å². The molecule has 0 spiro atoms. The van der Waals surface area contributed by atoms with Crippen LogP contribution < -0.4 is 9.62 Å². The monoisotopic (exact) mass is 479 g/mol. The van der Waals surface area contributed by atoms with Crippen LogP contribution in [0, 0.1) is 0 Å². The number of hydrogen-bond acceptors (Lipinski definition) is 4. The summed E-state index contributed by atoms with van der Waals surface area (Å²) in [5.41, 5.74) is 1.16. The molecule has 7 nitrogen and oxygen atoms in total. The molecule has 2 atom stereocenters. The second-order valence-corrected chi connectivity index (χ2v) is 10.1. The molecule has 0 saturated heterocycles. The number of nitrogens with zero attached hydrogens (tertiary/aromatic N) is 2. The number of sulfonamides is 1. The molecule has 9 heteroatoms. The molecular formula is C23H30ClN3O4S. The first-order valence-corrected chi connectivity index (χ1v) is 12.6. The summed E-state index contributed by atoms with van der Waals surface area (Å²) in [6.07, 6.45) is 1.80. The normalized spacial score (nSPS) is 13.2. The Bertz CT molecular complexity index is 1010. The third kappa shape index (κ3) is 7.24. The fourth-order valence-electron chi connectivity index (χ4n) is 3.04. The molecule has 0 bridgehead atoms. The molecule has 0 fully saturated rings. The number of carbonyl (C=O) groups excluding carboxylic acids is 2. The van der Waals surface area contributed by atoms with E-state index in [1.54, 1.807) is 61.5 Å². The summed E-state index contributed by atoms with van der Waals surface area (Å²) in [4.78, 5) is 27.5. The zero-order valence-corrected chi connectivity index (χ0v) is 20.4. The standard InChI is InChI=1S/C23H30ClN3O4S/c1-5-17(2)25-23(29)18(3)26(15-19-11-13-20(24)14-12-19)22(28)16-27(32(4,30)31)21-9-7-6-8-10-21/h6-14,17-18H,5,15-16H2,1-4H3,(H,25,29)/t17-,18-/m0/s1. The molecule has 0 aromatic heterocycles. The molecule has 174 valence electrons. The number of nitrogens with one attached hydrogen (secondary N) is 1. The summed E-state index contributed by atoms with van der Waals surface area (Å²) in [5.74, 6) is -0.784. The lowest BCUT2D eigenvalue weighted by Crippen LogP contribution is -2.52. The van der Waals surface area contributed by atoms with Crippen LogP contribution in [-0.4, -0.2) is 50.0 Å². The van der Waals surface area contributed by atoms with Crippen molar-refractivity contribution >= 4 is 39.1 Å². The van der Waals surface area contributed by atoms with E-state index in [4.69, 9.17) is 11.6 Å². The number of rotatable bonds is 10. The number of hydrogen-bond donors (Lipinski definition) is 1. The Labute approximate surface area is 195 Å². The Morgan fingerprint density at radius 3 is 2.16 bits per heavy atom. The van der Waals surface area contributed by atoms with Crippen molar-refractivity contribution in [2.24, 2.45) is 0 Å². The number of benzene rings is 2. The molecule has 2 rings (SSSR count). The van der Waals surface area contributed by atoms with Crippen LogP contribution in [0.4, 0.5) is 5.69 Å². The summed E-state index contributed by atoms with van der Waals surface area (Å²) >= 11 is 5.97. The molecule has 1 N–H and O–H groups in total. The second kappa shape index (κ2) is 11.3. The Hall–Kier alpha value is -2.58. The van der Waals surface area contributed by atoms with Crippen molar-refractivity contribution in [2.75, 3.05) is 17.1 Å². The highest BCUT2D eigenvalue weighted by atomic mass is 35.5. The largest absolute Gasteiger partial charge is 0.352 e. The van der Waals surface area contributed by atoms with E-state index >= 15 is 0 Å². The third-order valence-electron chi connectivity index (χ3n) is 5.16. The summed E-state index contributed by atoms with van der Waals surface area (Å²) in [6, 6.07) is 14.5. The minimum Gasteiger partial charge on any atom is -0.352 e. The fraction of sp³-hybridized carbons (Fsp3) is 0.391. The van der Waals surface area contributed by atoms with Gasteiger partial charge in [-0.25, -0.2) is 8.42 Å². The van der Waals surface area contributed by atoms with E-state index in [0.29, 0.717) is 10.7 Å². The SMILES string of the molecule is CC[C@H](C)NC(=O)[C@H](C)N(Cc1ccc(Cl)cc1)C(=O)CN(c1ccccc1)S(C)(=O)=O. The Balaban J connectivity index is 2.34. The minimum atomic E-state index is -3.73. The molecule has 0 aliphatic carbocycles. The van der Waals surface area contributed by atoms with Gasteiger partial charge in [0.15, 0.2) is 0 Å². The van der Waals surface area contributed by atoms with E-state index in [-0.39, 0.29) is 18.5 Å². The molecule has 0 aliphatic heterocycles. The van der Waals surface area contributed by atoms with Crippen LogP contribution in [0.25, 0.3) is 0 Å². The second-order valence-electron chi connectivity index (χ2n) is 7.75. The van der Waals surface area contributed by atoms with Crippen LogP contribution in [-0.2, 0) is 26.2 Å². The molecule has 0 radical (unpaired) electrons. The number of carbonyl (C=O) groups is 2. The molecule has 0 unspecified atom stereocenters. The summed E-state index contributed by atoms with van der Waals surface area (Å²) in [5, 5.41) is 3.45. The van der Waals surface area contributed by atoms with Crippen LogP contribution in [0.3, 0.4) is 0 Å². The van der Waals surface area contributed by atoms with Crippen molar-refractivity contribution in [3.63, 3.8) is 0 Å². The van der Waals surface area contributed by atoms with Crippen molar-refractivity contribution in [3.8, 4) is 0 Å². The van der Waals surface area contributed by atoms with Gasteiger partial charge in [-0.2, -0.15) is 0 Å². The maximum atomic E-state index is 13.4. The van der Waals surface area contributed by atoms with Crippen molar-refractivity contribution in [1.29, 1.82) is 0 Å². The summed E-state index contributed by atoms with van der Waals surface area (Å²) in [7, 11) is -3.73. The van der Waals surface area contributed by atoms with Gasteiger partial charge in [0.05, 0.1) is 11.9 Å². The molecule has 32 heavy (non-hydrogen) atoms. The molecular weight excluding hydrogens is 450 g/mol. The van der Waals surface area contributed by atoms with Crippen molar-refractivity contribution in [2.45, 2.75) is 45.8 Å². The molecule has 2 amide bonds. The topological polar surface area (TPSA) is 86.8 Å². The number of para-hydroxylation sites is 1. The lowest BCUT2D eigenvalue weighted by atomic mass is 10.1. The first kappa shape index (κ1) is 25.7. The first-order valence-electron chi connectivity index (χ1n) is 10.4. The number of amides is 2. The molecule has 0 heterocycles. The predicted molar refractivity (Wildman–Crippen MR) is 128 cm³/mol. The summed E-state index contributed by atoms with van der Waals surface area (Å²) in [6.45, 7) is 5.20. The van der Waals surface area contributed by atoms with Gasteiger partial charge in [0, 0.05) is 17.6 Å². The van der Waals surface area contributed by atoms with Crippen molar-refractivity contribution in [1.82, 2.24) is 10.2 Å². The van der Waals surface area contributed by atoms with Crippen LogP contribution >= 0.6 is 11.6 Å². The quantitative estimate of drug-likeness (QED) is 0.565. The van der Waals surface area contributed by atoms with Gasteiger partial charge >= 0.3 is 0 Å². The fourth-order valence-corrected chi connectivity index (χ4v) is 4.02. The third-order valence-corrected chi connectivity index (χ3v) is 6.55. The predicted octanol–water partition coefficient (Wildman–Crippen LogP) is 3.44.